The van der Waals surface area contributed by atoms with Crippen LogP contribution in [0, 0.1) is 0 Å². The number of nitrogens with zero attached hydrogens (tertiary/aromatic N) is 2. The van der Waals surface area contributed by atoms with Crippen LogP contribution in [0.4, 0.5) is 5.69 Å². The first-order chi connectivity index (χ1) is 15.2. The van der Waals surface area contributed by atoms with Gasteiger partial charge in [0.25, 0.3) is 0 Å². The van der Waals surface area contributed by atoms with E-state index < -0.39 is 0 Å². The molecule has 2 aliphatic rings. The standard InChI is InChI=1S/C24H31N5OS.HI/c1-2-25-23(28-18-24(12-13-24)31-21-6-4-3-5-7-21)27-16-19-8-10-20(11-9-19)29-15-14-26-22(30)17-29;/h3-11H,2,12-18H2,1H3,(H,26,30)(H2,25,27,28);1H. The van der Waals surface area contributed by atoms with Gasteiger partial charge < -0.3 is 20.9 Å². The number of benzene rings is 2. The number of carbonyl (C=O) groups excluding carboxylic acids is 1. The number of nitrogens with one attached hydrogen (secondary N) is 3. The second-order valence-electron chi connectivity index (χ2n) is 8.08. The van der Waals surface area contributed by atoms with Crippen molar-refractivity contribution in [1.82, 2.24) is 16.0 Å². The largest absolute Gasteiger partial charge is 0.360 e. The Morgan fingerprint density at radius 1 is 1.12 bits per heavy atom. The van der Waals surface area contributed by atoms with E-state index in [1.165, 1.54) is 17.7 Å². The highest BCUT2D eigenvalue weighted by atomic mass is 127. The Labute approximate surface area is 212 Å². The minimum atomic E-state index is 0. The van der Waals surface area contributed by atoms with Gasteiger partial charge in [0.2, 0.25) is 5.91 Å². The van der Waals surface area contributed by atoms with Crippen molar-refractivity contribution in [3.8, 4) is 0 Å². The number of amides is 1. The summed E-state index contributed by atoms with van der Waals surface area (Å²) in [5.41, 5.74) is 2.24. The zero-order valence-corrected chi connectivity index (χ0v) is 21.6. The van der Waals surface area contributed by atoms with E-state index in [1.54, 1.807) is 0 Å². The third kappa shape index (κ3) is 7.03. The quantitative estimate of drug-likeness (QED) is 0.259. The number of guanidine groups is 1. The van der Waals surface area contributed by atoms with Crippen molar-refractivity contribution < 1.29 is 4.79 Å². The summed E-state index contributed by atoms with van der Waals surface area (Å²) in [6.07, 6.45) is 2.46. The first-order valence-electron chi connectivity index (χ1n) is 11.0. The van der Waals surface area contributed by atoms with E-state index in [0.717, 1.165) is 36.8 Å². The normalized spacial score (nSPS) is 17.2. The maximum atomic E-state index is 11.6. The Bertz CT molecular complexity index is 902. The minimum absolute atomic E-state index is 0. The summed E-state index contributed by atoms with van der Waals surface area (Å²) in [4.78, 5) is 19.8. The van der Waals surface area contributed by atoms with Crippen LogP contribution in [0.3, 0.4) is 0 Å². The fraction of sp³-hybridized carbons (Fsp3) is 0.417. The molecular formula is C24H32IN5OS. The molecular weight excluding hydrogens is 533 g/mol. The molecule has 1 saturated heterocycles. The maximum Gasteiger partial charge on any atom is 0.239 e. The summed E-state index contributed by atoms with van der Waals surface area (Å²) in [5.74, 6) is 0.944. The molecule has 0 spiro atoms. The Morgan fingerprint density at radius 3 is 2.53 bits per heavy atom. The Morgan fingerprint density at radius 2 is 1.88 bits per heavy atom. The summed E-state index contributed by atoms with van der Waals surface area (Å²) < 4.78 is 0.278. The molecule has 172 valence electrons. The van der Waals surface area contributed by atoms with Crippen molar-refractivity contribution >= 4 is 53.3 Å². The van der Waals surface area contributed by atoms with Crippen molar-refractivity contribution in [3.63, 3.8) is 0 Å². The van der Waals surface area contributed by atoms with E-state index in [9.17, 15) is 4.79 Å². The van der Waals surface area contributed by atoms with Gasteiger partial charge in [-0.15, -0.1) is 35.7 Å². The highest BCUT2D eigenvalue weighted by molar-refractivity contribution is 14.0. The highest BCUT2D eigenvalue weighted by Gasteiger charge is 2.43. The van der Waals surface area contributed by atoms with Crippen LogP contribution in [-0.4, -0.2) is 49.3 Å². The van der Waals surface area contributed by atoms with Gasteiger partial charge in [-0.3, -0.25) is 4.79 Å². The molecule has 0 atom stereocenters. The van der Waals surface area contributed by atoms with Crippen molar-refractivity contribution in [2.75, 3.05) is 37.6 Å². The van der Waals surface area contributed by atoms with E-state index in [0.29, 0.717) is 19.6 Å². The Balaban J connectivity index is 0.00000289. The molecule has 1 aliphatic carbocycles. The second kappa shape index (κ2) is 11.8. The average Bonchev–Trinajstić information content (AvgIpc) is 3.56. The lowest BCUT2D eigenvalue weighted by Crippen LogP contribution is -2.47. The monoisotopic (exact) mass is 565 g/mol. The molecule has 0 aromatic heterocycles. The van der Waals surface area contributed by atoms with Crippen LogP contribution in [0.15, 0.2) is 64.5 Å². The van der Waals surface area contributed by atoms with Crippen LogP contribution in [0.5, 0.6) is 0 Å². The molecule has 1 aliphatic heterocycles. The van der Waals surface area contributed by atoms with Gasteiger partial charge in [0.1, 0.15) is 0 Å². The smallest absolute Gasteiger partial charge is 0.239 e. The van der Waals surface area contributed by atoms with Gasteiger partial charge in [-0.1, -0.05) is 30.3 Å². The van der Waals surface area contributed by atoms with Gasteiger partial charge >= 0.3 is 0 Å². The molecule has 0 bridgehead atoms. The van der Waals surface area contributed by atoms with E-state index >= 15 is 0 Å². The number of aliphatic imine (C=N–C) groups is 1. The number of halogens is 1. The zero-order chi connectivity index (χ0) is 21.5. The molecule has 2 aromatic rings. The lowest BCUT2D eigenvalue weighted by atomic mass is 10.2. The van der Waals surface area contributed by atoms with Crippen LogP contribution in [0.1, 0.15) is 25.3 Å². The third-order valence-electron chi connectivity index (χ3n) is 5.57. The van der Waals surface area contributed by atoms with Crippen LogP contribution in [-0.2, 0) is 11.3 Å². The SMILES string of the molecule is CCNC(=NCc1ccc(N2CCNC(=O)C2)cc1)NCC1(Sc2ccccc2)CC1.I. The Hall–Kier alpha value is -1.94. The number of rotatable bonds is 8. The van der Waals surface area contributed by atoms with Gasteiger partial charge in [0.05, 0.1) is 13.1 Å². The first kappa shape index (κ1) is 24.7. The van der Waals surface area contributed by atoms with Crippen molar-refractivity contribution in [1.29, 1.82) is 0 Å². The average molecular weight is 566 g/mol. The van der Waals surface area contributed by atoms with Crippen LogP contribution in [0.25, 0.3) is 0 Å². The predicted octanol–water partition coefficient (Wildman–Crippen LogP) is 3.62. The molecule has 4 rings (SSSR count). The predicted molar refractivity (Wildman–Crippen MR) is 144 cm³/mol. The fourth-order valence-corrected chi connectivity index (χ4v) is 4.86. The van der Waals surface area contributed by atoms with E-state index in [4.69, 9.17) is 4.99 Å². The summed E-state index contributed by atoms with van der Waals surface area (Å²) >= 11 is 1.97. The molecule has 2 fully saturated rings. The molecule has 1 amide bonds. The van der Waals surface area contributed by atoms with Gasteiger partial charge in [0, 0.05) is 41.5 Å². The van der Waals surface area contributed by atoms with Gasteiger partial charge in [-0.25, -0.2) is 4.99 Å². The molecule has 6 nitrogen and oxygen atoms in total. The number of hydrogen-bond acceptors (Lipinski definition) is 4. The summed E-state index contributed by atoms with van der Waals surface area (Å²) in [6.45, 7) is 6.43. The number of carbonyl (C=O) groups is 1. The lowest BCUT2D eigenvalue weighted by Gasteiger charge is -2.28. The maximum absolute atomic E-state index is 11.6. The number of thioether (sulfide) groups is 1. The molecule has 2 aromatic carbocycles. The number of anilines is 1. The van der Waals surface area contributed by atoms with Crippen LogP contribution >= 0.6 is 35.7 Å². The molecule has 8 heteroatoms. The highest BCUT2D eigenvalue weighted by Crippen LogP contribution is 2.51. The molecule has 0 radical (unpaired) electrons. The summed E-state index contributed by atoms with van der Waals surface area (Å²) in [6, 6.07) is 19.0. The van der Waals surface area contributed by atoms with Crippen molar-refractivity contribution in [3.05, 3.63) is 60.2 Å². The van der Waals surface area contributed by atoms with Crippen LogP contribution in [0.2, 0.25) is 0 Å². The lowest BCUT2D eigenvalue weighted by molar-refractivity contribution is -0.120. The minimum Gasteiger partial charge on any atom is -0.360 e. The Kier molecular flexibility index (Phi) is 9.10. The topological polar surface area (TPSA) is 68.8 Å². The zero-order valence-electron chi connectivity index (χ0n) is 18.5. The fourth-order valence-electron chi connectivity index (χ4n) is 3.62. The van der Waals surface area contributed by atoms with E-state index in [-0.39, 0.29) is 34.6 Å². The summed E-state index contributed by atoms with van der Waals surface area (Å²) in [7, 11) is 0. The van der Waals surface area contributed by atoms with Crippen molar-refractivity contribution in [2.45, 2.75) is 36.0 Å². The first-order valence-corrected chi connectivity index (χ1v) is 11.8. The van der Waals surface area contributed by atoms with Gasteiger partial charge in [-0.05, 0) is 49.6 Å². The van der Waals surface area contributed by atoms with Gasteiger partial charge in [-0.2, -0.15) is 0 Å². The molecule has 1 heterocycles. The number of hydrogen-bond donors (Lipinski definition) is 3. The van der Waals surface area contributed by atoms with Crippen LogP contribution < -0.4 is 20.9 Å². The summed E-state index contributed by atoms with van der Waals surface area (Å²) in [5, 5.41) is 9.77. The van der Waals surface area contributed by atoms with Crippen molar-refractivity contribution in [2.24, 2.45) is 4.99 Å². The van der Waals surface area contributed by atoms with E-state index in [1.807, 2.05) is 11.8 Å². The molecule has 0 unspecified atom stereocenters. The molecule has 1 saturated carbocycles. The molecule has 3 N–H and O–H groups in total. The van der Waals surface area contributed by atoms with Gasteiger partial charge in [0.15, 0.2) is 5.96 Å². The molecule has 32 heavy (non-hydrogen) atoms. The second-order valence-corrected chi connectivity index (χ2v) is 9.63. The third-order valence-corrected chi connectivity index (χ3v) is 7.06. The van der Waals surface area contributed by atoms with E-state index in [2.05, 4.69) is 82.4 Å². The number of piperazine rings is 1.